The van der Waals surface area contributed by atoms with Gasteiger partial charge in [0.2, 0.25) is 5.95 Å². The quantitative estimate of drug-likeness (QED) is 0.816. The topological polar surface area (TPSA) is 58.4 Å². The number of aryl methyl sites for hydroxylation is 1. The van der Waals surface area contributed by atoms with Gasteiger partial charge in [0.05, 0.1) is 0 Å². The first kappa shape index (κ1) is 11.0. The Bertz CT molecular complexity index is 388. The van der Waals surface area contributed by atoms with Gasteiger partial charge in [0, 0.05) is 26.0 Å². The first-order chi connectivity index (χ1) is 7.61. The maximum atomic E-state index is 11.3. The van der Waals surface area contributed by atoms with Crippen molar-refractivity contribution in [3.8, 4) is 0 Å². The summed E-state index contributed by atoms with van der Waals surface area (Å²) in [7, 11) is 1.89. The van der Waals surface area contributed by atoms with Crippen molar-refractivity contribution < 1.29 is 9.90 Å². The highest BCUT2D eigenvalue weighted by Gasteiger charge is 2.35. The van der Waals surface area contributed by atoms with Crippen molar-refractivity contribution >= 4 is 11.9 Å². The first-order valence-corrected chi connectivity index (χ1v) is 5.58. The molecule has 1 aromatic rings. The molecule has 16 heavy (non-hydrogen) atoms. The second-order valence-electron chi connectivity index (χ2n) is 4.43. The summed E-state index contributed by atoms with van der Waals surface area (Å²) in [4.78, 5) is 17.4. The molecule has 0 aliphatic carbocycles. The summed E-state index contributed by atoms with van der Waals surface area (Å²) in [6, 6.07) is -0.449. The van der Waals surface area contributed by atoms with Gasteiger partial charge in [-0.25, -0.2) is 9.78 Å². The van der Waals surface area contributed by atoms with Crippen LogP contribution in [0, 0.1) is 5.92 Å². The fraction of sp³-hybridized carbons (Fsp3) is 0.636. The lowest BCUT2D eigenvalue weighted by Gasteiger charge is -2.37. The number of aromatic nitrogens is 2. The SMILES string of the molecule is CC1CCCN(c2nccn2C)C1C(=O)O. The van der Waals surface area contributed by atoms with E-state index in [2.05, 4.69) is 4.98 Å². The van der Waals surface area contributed by atoms with Gasteiger partial charge >= 0.3 is 5.97 Å². The van der Waals surface area contributed by atoms with Crippen LogP contribution in [-0.4, -0.2) is 33.2 Å². The largest absolute Gasteiger partial charge is 0.480 e. The van der Waals surface area contributed by atoms with E-state index in [0.29, 0.717) is 0 Å². The van der Waals surface area contributed by atoms with Crippen LogP contribution in [0.15, 0.2) is 12.4 Å². The molecule has 1 aliphatic rings. The van der Waals surface area contributed by atoms with Crippen LogP contribution in [0.3, 0.4) is 0 Å². The van der Waals surface area contributed by atoms with E-state index < -0.39 is 12.0 Å². The van der Waals surface area contributed by atoms with E-state index >= 15 is 0 Å². The van der Waals surface area contributed by atoms with Crippen LogP contribution in [-0.2, 0) is 11.8 Å². The molecule has 88 valence electrons. The van der Waals surface area contributed by atoms with E-state index in [0.717, 1.165) is 25.3 Å². The lowest BCUT2D eigenvalue weighted by Crippen LogP contribution is -2.50. The van der Waals surface area contributed by atoms with Gasteiger partial charge in [-0.3, -0.25) is 0 Å². The maximum Gasteiger partial charge on any atom is 0.326 e. The predicted octanol–water partition coefficient (Wildman–Crippen LogP) is 1.11. The Balaban J connectivity index is 2.31. The van der Waals surface area contributed by atoms with Crippen LogP contribution in [0.25, 0.3) is 0 Å². The monoisotopic (exact) mass is 223 g/mol. The number of piperidine rings is 1. The minimum atomic E-state index is -0.754. The molecule has 1 aromatic heterocycles. The molecule has 1 N–H and O–H groups in total. The van der Waals surface area contributed by atoms with Gasteiger partial charge < -0.3 is 14.6 Å². The lowest BCUT2D eigenvalue weighted by atomic mass is 9.91. The summed E-state index contributed by atoms with van der Waals surface area (Å²) in [6.45, 7) is 2.76. The van der Waals surface area contributed by atoms with E-state index in [1.54, 1.807) is 6.20 Å². The van der Waals surface area contributed by atoms with Crippen LogP contribution in [0.1, 0.15) is 19.8 Å². The van der Waals surface area contributed by atoms with Crippen molar-refractivity contribution in [2.45, 2.75) is 25.8 Å². The zero-order valence-electron chi connectivity index (χ0n) is 9.63. The number of anilines is 1. The van der Waals surface area contributed by atoms with Crippen molar-refractivity contribution in [2.24, 2.45) is 13.0 Å². The Kier molecular flexibility index (Phi) is 2.85. The van der Waals surface area contributed by atoms with E-state index in [4.69, 9.17) is 0 Å². The molecule has 1 fully saturated rings. The summed E-state index contributed by atoms with van der Waals surface area (Å²) in [5.41, 5.74) is 0. The van der Waals surface area contributed by atoms with E-state index in [-0.39, 0.29) is 5.92 Å². The van der Waals surface area contributed by atoms with E-state index in [9.17, 15) is 9.90 Å². The maximum absolute atomic E-state index is 11.3. The highest BCUT2D eigenvalue weighted by atomic mass is 16.4. The lowest BCUT2D eigenvalue weighted by molar-refractivity contribution is -0.140. The Labute approximate surface area is 94.7 Å². The molecule has 0 saturated carbocycles. The highest BCUT2D eigenvalue weighted by Crippen LogP contribution is 2.27. The van der Waals surface area contributed by atoms with Crippen LogP contribution < -0.4 is 4.90 Å². The second kappa shape index (κ2) is 4.15. The predicted molar refractivity (Wildman–Crippen MR) is 60.4 cm³/mol. The third-order valence-electron chi connectivity index (χ3n) is 3.24. The molecule has 0 radical (unpaired) electrons. The highest BCUT2D eigenvalue weighted by molar-refractivity contribution is 5.78. The first-order valence-electron chi connectivity index (χ1n) is 5.58. The third kappa shape index (κ3) is 1.77. The van der Waals surface area contributed by atoms with Gasteiger partial charge in [0.15, 0.2) is 0 Å². The fourth-order valence-electron chi connectivity index (χ4n) is 2.42. The molecule has 2 atom stereocenters. The normalized spacial score (nSPS) is 25.8. The Morgan fingerprint density at radius 1 is 1.62 bits per heavy atom. The second-order valence-corrected chi connectivity index (χ2v) is 4.43. The summed E-state index contributed by atoms with van der Waals surface area (Å²) < 4.78 is 1.87. The van der Waals surface area contributed by atoms with Crippen LogP contribution in [0.2, 0.25) is 0 Å². The molecule has 5 heteroatoms. The average molecular weight is 223 g/mol. The Hall–Kier alpha value is -1.52. The van der Waals surface area contributed by atoms with Crippen molar-refractivity contribution in [1.29, 1.82) is 0 Å². The molecule has 0 amide bonds. The van der Waals surface area contributed by atoms with Crippen molar-refractivity contribution in [3.05, 3.63) is 12.4 Å². The van der Waals surface area contributed by atoms with Crippen molar-refractivity contribution in [3.63, 3.8) is 0 Å². The van der Waals surface area contributed by atoms with Crippen LogP contribution in [0.5, 0.6) is 0 Å². The zero-order chi connectivity index (χ0) is 11.7. The molecule has 0 spiro atoms. The van der Waals surface area contributed by atoms with Crippen molar-refractivity contribution in [1.82, 2.24) is 9.55 Å². The number of nitrogens with zero attached hydrogens (tertiary/aromatic N) is 3. The fourth-order valence-corrected chi connectivity index (χ4v) is 2.42. The van der Waals surface area contributed by atoms with E-state index in [1.807, 2.05) is 29.6 Å². The summed E-state index contributed by atoms with van der Waals surface area (Å²) in [5.74, 6) is 0.164. The molecular formula is C11H17N3O2. The number of rotatable bonds is 2. The zero-order valence-corrected chi connectivity index (χ0v) is 9.63. The molecule has 5 nitrogen and oxygen atoms in total. The number of carboxylic acid groups (broad SMARTS) is 1. The summed E-state index contributed by atoms with van der Waals surface area (Å²) in [6.07, 6.45) is 5.54. The number of aliphatic carboxylic acids is 1. The van der Waals surface area contributed by atoms with Gasteiger partial charge in [0.25, 0.3) is 0 Å². The number of hydrogen-bond acceptors (Lipinski definition) is 3. The number of imidazole rings is 1. The van der Waals surface area contributed by atoms with Gasteiger partial charge in [-0.2, -0.15) is 0 Å². The molecule has 2 rings (SSSR count). The smallest absolute Gasteiger partial charge is 0.326 e. The minimum absolute atomic E-state index is 0.169. The molecule has 1 aliphatic heterocycles. The standard InChI is InChI=1S/C11H17N3O2/c1-8-4-3-6-14(9(8)10(15)16)11-12-5-7-13(11)2/h5,7-9H,3-4,6H2,1-2H3,(H,15,16). The van der Waals surface area contributed by atoms with Gasteiger partial charge in [-0.15, -0.1) is 0 Å². The van der Waals surface area contributed by atoms with Gasteiger partial charge in [-0.1, -0.05) is 6.92 Å². The number of hydrogen-bond donors (Lipinski definition) is 1. The molecule has 2 unspecified atom stereocenters. The number of carbonyl (C=O) groups is 1. The number of carboxylic acids is 1. The van der Waals surface area contributed by atoms with E-state index in [1.165, 1.54) is 0 Å². The molecule has 1 saturated heterocycles. The van der Waals surface area contributed by atoms with Crippen LogP contribution >= 0.6 is 0 Å². The summed E-state index contributed by atoms with van der Waals surface area (Å²) in [5, 5.41) is 9.29. The minimum Gasteiger partial charge on any atom is -0.480 e. The van der Waals surface area contributed by atoms with Crippen molar-refractivity contribution in [2.75, 3.05) is 11.4 Å². The summed E-state index contributed by atoms with van der Waals surface area (Å²) >= 11 is 0. The van der Waals surface area contributed by atoms with Crippen LogP contribution in [0.4, 0.5) is 5.95 Å². The molecule has 0 aromatic carbocycles. The molecule has 2 heterocycles. The average Bonchev–Trinajstić information content (AvgIpc) is 2.63. The Morgan fingerprint density at radius 2 is 2.38 bits per heavy atom. The molecule has 0 bridgehead atoms. The van der Waals surface area contributed by atoms with Gasteiger partial charge in [0.1, 0.15) is 6.04 Å². The molecular weight excluding hydrogens is 206 g/mol. The Morgan fingerprint density at radius 3 is 2.94 bits per heavy atom. The third-order valence-corrected chi connectivity index (χ3v) is 3.24. The van der Waals surface area contributed by atoms with Gasteiger partial charge in [-0.05, 0) is 18.8 Å².